The van der Waals surface area contributed by atoms with E-state index in [4.69, 9.17) is 0 Å². The molecule has 24 heavy (non-hydrogen) atoms. The topological polar surface area (TPSA) is 58.0 Å². The Labute approximate surface area is 145 Å². The normalized spacial score (nSPS) is 21.0. The second kappa shape index (κ2) is 6.87. The van der Waals surface area contributed by atoms with Crippen LogP contribution in [-0.2, 0) is 0 Å². The molecular formula is C19H21N3OS. The summed E-state index contributed by atoms with van der Waals surface area (Å²) < 4.78 is 0. The van der Waals surface area contributed by atoms with Crippen molar-refractivity contribution in [3.05, 3.63) is 42.7 Å². The summed E-state index contributed by atoms with van der Waals surface area (Å²) in [4.78, 5) is 11.1. The van der Waals surface area contributed by atoms with Crippen LogP contribution in [0.5, 0.6) is 0 Å². The van der Waals surface area contributed by atoms with Crippen LogP contribution in [-0.4, -0.2) is 27.7 Å². The van der Waals surface area contributed by atoms with E-state index in [1.54, 1.807) is 17.7 Å². The maximum Gasteiger partial charge on any atom is 0.138 e. The zero-order chi connectivity index (χ0) is 16.4. The summed E-state index contributed by atoms with van der Waals surface area (Å²) in [5, 5.41) is 14.3. The zero-order valence-electron chi connectivity index (χ0n) is 13.5. The third kappa shape index (κ3) is 3.01. The van der Waals surface area contributed by atoms with E-state index in [1.807, 2.05) is 6.07 Å². The zero-order valence-corrected chi connectivity index (χ0v) is 14.3. The Bertz CT molecular complexity index is 818. The van der Waals surface area contributed by atoms with Gasteiger partial charge in [-0.25, -0.2) is 9.97 Å². The van der Waals surface area contributed by atoms with Crippen molar-refractivity contribution in [1.82, 2.24) is 9.97 Å². The standard InChI is InChI=1S/C19H21N3OS/c23-11-14-8-4-5-9-16(14)22-18-15-10-17(13-6-2-1-3-7-13)24-19(15)21-12-20-18/h1-3,6-7,10,12,14,16,23H,4-5,8-9,11H2,(H,20,21,22)/t14-,16-/m0/s1. The lowest BCUT2D eigenvalue weighted by atomic mass is 9.85. The van der Waals surface area contributed by atoms with Gasteiger partial charge in [0.1, 0.15) is 17.0 Å². The minimum atomic E-state index is 0.241. The molecule has 4 rings (SSSR count). The molecule has 2 N–H and O–H groups in total. The van der Waals surface area contributed by atoms with Crippen molar-refractivity contribution in [2.75, 3.05) is 11.9 Å². The van der Waals surface area contributed by atoms with E-state index in [-0.39, 0.29) is 6.61 Å². The number of nitrogens with zero attached hydrogens (tertiary/aromatic N) is 2. The van der Waals surface area contributed by atoms with Gasteiger partial charge in [-0.1, -0.05) is 43.2 Å². The van der Waals surface area contributed by atoms with Crippen molar-refractivity contribution in [3.8, 4) is 10.4 Å². The molecule has 2 atom stereocenters. The van der Waals surface area contributed by atoms with Crippen molar-refractivity contribution >= 4 is 27.4 Å². The van der Waals surface area contributed by atoms with Crippen molar-refractivity contribution < 1.29 is 5.11 Å². The van der Waals surface area contributed by atoms with Gasteiger partial charge in [0.05, 0.1) is 5.39 Å². The fraction of sp³-hybridized carbons (Fsp3) is 0.368. The Kier molecular flexibility index (Phi) is 4.45. The van der Waals surface area contributed by atoms with Gasteiger partial charge >= 0.3 is 0 Å². The van der Waals surface area contributed by atoms with Crippen molar-refractivity contribution in [3.63, 3.8) is 0 Å². The van der Waals surface area contributed by atoms with E-state index in [1.165, 1.54) is 23.3 Å². The smallest absolute Gasteiger partial charge is 0.138 e. The molecular weight excluding hydrogens is 318 g/mol. The van der Waals surface area contributed by atoms with Crippen LogP contribution in [0.3, 0.4) is 0 Å². The summed E-state index contributed by atoms with van der Waals surface area (Å²) in [5.41, 5.74) is 1.21. The third-order valence-corrected chi connectivity index (χ3v) is 5.95. The van der Waals surface area contributed by atoms with Gasteiger partial charge in [-0.05, 0) is 24.5 Å². The van der Waals surface area contributed by atoms with Gasteiger partial charge in [-0.3, -0.25) is 0 Å². The Balaban J connectivity index is 1.67. The maximum absolute atomic E-state index is 9.63. The molecule has 0 aliphatic heterocycles. The van der Waals surface area contributed by atoms with Gasteiger partial charge in [0.15, 0.2) is 0 Å². The van der Waals surface area contributed by atoms with Crippen LogP contribution in [0.25, 0.3) is 20.7 Å². The van der Waals surface area contributed by atoms with E-state index in [9.17, 15) is 5.11 Å². The predicted octanol–water partition coefficient (Wildman–Crippen LogP) is 4.32. The number of rotatable bonds is 4. The van der Waals surface area contributed by atoms with Gasteiger partial charge < -0.3 is 10.4 Å². The van der Waals surface area contributed by atoms with Crippen LogP contribution in [0.1, 0.15) is 25.7 Å². The average molecular weight is 339 g/mol. The molecule has 3 aromatic rings. The number of aliphatic hydroxyl groups excluding tert-OH is 1. The molecule has 2 heterocycles. The minimum absolute atomic E-state index is 0.241. The van der Waals surface area contributed by atoms with E-state index in [0.29, 0.717) is 12.0 Å². The minimum Gasteiger partial charge on any atom is -0.396 e. The molecule has 1 fully saturated rings. The van der Waals surface area contributed by atoms with Gasteiger partial charge in [0, 0.05) is 23.4 Å². The number of thiophene rings is 1. The lowest BCUT2D eigenvalue weighted by Crippen LogP contribution is -2.34. The lowest BCUT2D eigenvalue weighted by molar-refractivity contribution is 0.178. The van der Waals surface area contributed by atoms with Crippen LogP contribution in [0, 0.1) is 5.92 Å². The van der Waals surface area contributed by atoms with E-state index >= 15 is 0 Å². The molecule has 0 amide bonds. The van der Waals surface area contributed by atoms with E-state index < -0.39 is 0 Å². The van der Waals surface area contributed by atoms with Crippen LogP contribution in [0.15, 0.2) is 42.7 Å². The van der Waals surface area contributed by atoms with Crippen molar-refractivity contribution in [1.29, 1.82) is 0 Å². The molecule has 1 saturated carbocycles. The number of hydrogen-bond acceptors (Lipinski definition) is 5. The van der Waals surface area contributed by atoms with Crippen LogP contribution < -0.4 is 5.32 Å². The number of anilines is 1. The third-order valence-electron chi connectivity index (χ3n) is 4.85. The Morgan fingerprint density at radius 2 is 1.96 bits per heavy atom. The number of aliphatic hydroxyl groups is 1. The average Bonchev–Trinajstić information content (AvgIpc) is 3.08. The van der Waals surface area contributed by atoms with Gasteiger partial charge in [0.2, 0.25) is 0 Å². The van der Waals surface area contributed by atoms with Gasteiger partial charge in [0.25, 0.3) is 0 Å². The van der Waals surface area contributed by atoms with Crippen LogP contribution in [0.4, 0.5) is 5.82 Å². The largest absolute Gasteiger partial charge is 0.396 e. The molecule has 0 bridgehead atoms. The Morgan fingerprint density at radius 3 is 2.79 bits per heavy atom. The molecule has 0 unspecified atom stereocenters. The molecule has 1 aliphatic rings. The van der Waals surface area contributed by atoms with Crippen LogP contribution in [0.2, 0.25) is 0 Å². The fourth-order valence-corrected chi connectivity index (χ4v) is 4.51. The van der Waals surface area contributed by atoms with Gasteiger partial charge in [-0.2, -0.15) is 0 Å². The highest BCUT2D eigenvalue weighted by molar-refractivity contribution is 7.21. The Morgan fingerprint density at radius 1 is 1.12 bits per heavy atom. The van der Waals surface area contributed by atoms with Crippen molar-refractivity contribution in [2.45, 2.75) is 31.7 Å². The molecule has 1 aliphatic carbocycles. The highest BCUT2D eigenvalue weighted by atomic mass is 32.1. The molecule has 1 aromatic carbocycles. The van der Waals surface area contributed by atoms with E-state index in [0.717, 1.165) is 28.9 Å². The number of hydrogen-bond donors (Lipinski definition) is 2. The first-order valence-electron chi connectivity index (χ1n) is 8.52. The molecule has 124 valence electrons. The first-order valence-corrected chi connectivity index (χ1v) is 9.34. The highest BCUT2D eigenvalue weighted by Crippen LogP contribution is 2.36. The lowest BCUT2D eigenvalue weighted by Gasteiger charge is -2.31. The number of nitrogens with one attached hydrogen (secondary N) is 1. The molecule has 2 aromatic heterocycles. The molecule has 0 radical (unpaired) electrons. The summed E-state index contributed by atoms with van der Waals surface area (Å²) in [7, 11) is 0. The number of aromatic nitrogens is 2. The predicted molar refractivity (Wildman–Crippen MR) is 99.3 cm³/mol. The number of benzene rings is 1. The fourth-order valence-electron chi connectivity index (χ4n) is 3.51. The first-order chi connectivity index (χ1) is 11.8. The van der Waals surface area contributed by atoms with Gasteiger partial charge in [-0.15, -0.1) is 11.3 Å². The van der Waals surface area contributed by atoms with Crippen LogP contribution >= 0.6 is 11.3 Å². The summed E-state index contributed by atoms with van der Waals surface area (Å²) in [5.74, 6) is 1.21. The summed E-state index contributed by atoms with van der Waals surface area (Å²) in [6, 6.07) is 12.8. The molecule has 0 spiro atoms. The summed E-state index contributed by atoms with van der Waals surface area (Å²) >= 11 is 1.69. The first kappa shape index (κ1) is 15.5. The highest BCUT2D eigenvalue weighted by Gasteiger charge is 2.25. The number of fused-ring (bicyclic) bond motifs is 1. The summed E-state index contributed by atoms with van der Waals surface area (Å²) in [6.45, 7) is 0.241. The quantitative estimate of drug-likeness (QED) is 0.743. The maximum atomic E-state index is 9.63. The SMILES string of the molecule is OC[C@@H]1CCCC[C@@H]1Nc1ncnc2sc(-c3ccccc3)cc12. The van der Waals surface area contributed by atoms with Crippen molar-refractivity contribution in [2.24, 2.45) is 5.92 Å². The monoisotopic (exact) mass is 339 g/mol. The Hall–Kier alpha value is -1.98. The second-order valence-corrected chi connectivity index (χ2v) is 7.43. The molecule has 4 nitrogen and oxygen atoms in total. The molecule has 5 heteroatoms. The van der Waals surface area contributed by atoms with E-state index in [2.05, 4.69) is 45.6 Å². The second-order valence-electron chi connectivity index (χ2n) is 6.40. The summed E-state index contributed by atoms with van der Waals surface area (Å²) in [6.07, 6.45) is 6.22. The molecule has 0 saturated heterocycles.